The maximum absolute atomic E-state index is 12.7. The first-order valence-corrected chi connectivity index (χ1v) is 9.79. The van der Waals surface area contributed by atoms with Crippen LogP contribution in [0.4, 0.5) is 10.8 Å². The number of rotatable bonds is 5. The number of thiazole rings is 1. The van der Waals surface area contributed by atoms with E-state index < -0.39 is 0 Å². The number of carbonyl (C=O) groups excluding carboxylic acids is 1. The smallest absolute Gasteiger partial charge is 0.241 e. The van der Waals surface area contributed by atoms with Gasteiger partial charge < -0.3 is 15.0 Å². The molecule has 1 aliphatic heterocycles. The summed E-state index contributed by atoms with van der Waals surface area (Å²) in [6.07, 6.45) is 1.82. The topological polar surface area (TPSA) is 57.7 Å². The Labute approximate surface area is 162 Å². The van der Waals surface area contributed by atoms with E-state index in [2.05, 4.69) is 20.1 Å². The fourth-order valence-electron chi connectivity index (χ4n) is 3.01. The van der Waals surface area contributed by atoms with E-state index in [1.165, 1.54) is 0 Å². The van der Waals surface area contributed by atoms with Gasteiger partial charge in [0.2, 0.25) is 5.91 Å². The number of halogens is 1. The van der Waals surface area contributed by atoms with Gasteiger partial charge in [0.05, 0.1) is 18.8 Å². The number of benzene rings is 1. The van der Waals surface area contributed by atoms with E-state index in [4.69, 9.17) is 16.3 Å². The van der Waals surface area contributed by atoms with E-state index in [9.17, 15) is 4.79 Å². The summed E-state index contributed by atoms with van der Waals surface area (Å²) < 4.78 is 5.34. The summed E-state index contributed by atoms with van der Waals surface area (Å²) in [7, 11) is 1.57. The number of amides is 1. The third-order valence-electron chi connectivity index (χ3n) is 4.67. The molecule has 1 saturated heterocycles. The monoisotopic (exact) mass is 394 g/mol. The minimum atomic E-state index is -0.228. The third kappa shape index (κ3) is 4.11. The highest BCUT2D eigenvalue weighted by Crippen LogP contribution is 2.31. The zero-order chi connectivity index (χ0) is 18.7. The average molecular weight is 395 g/mol. The van der Waals surface area contributed by atoms with Crippen LogP contribution in [0.25, 0.3) is 0 Å². The number of nitrogens with one attached hydrogen (secondary N) is 1. The minimum Gasteiger partial charge on any atom is -0.495 e. The van der Waals surface area contributed by atoms with Crippen molar-refractivity contribution in [2.24, 2.45) is 0 Å². The number of piperazine rings is 1. The molecule has 140 valence electrons. The number of anilines is 2. The van der Waals surface area contributed by atoms with Crippen molar-refractivity contribution >= 4 is 39.7 Å². The van der Waals surface area contributed by atoms with Gasteiger partial charge in [0.1, 0.15) is 5.75 Å². The lowest BCUT2D eigenvalue weighted by Gasteiger charge is -2.37. The Morgan fingerprint density at radius 1 is 1.35 bits per heavy atom. The van der Waals surface area contributed by atoms with Crippen molar-refractivity contribution in [2.45, 2.75) is 19.9 Å². The van der Waals surface area contributed by atoms with Gasteiger partial charge in [-0.05, 0) is 25.5 Å². The first kappa shape index (κ1) is 18.9. The van der Waals surface area contributed by atoms with Gasteiger partial charge in [-0.3, -0.25) is 9.69 Å². The highest BCUT2D eigenvalue weighted by Gasteiger charge is 2.27. The molecule has 3 rings (SSSR count). The van der Waals surface area contributed by atoms with Crippen LogP contribution >= 0.6 is 22.9 Å². The molecule has 1 N–H and O–H groups in total. The molecule has 2 heterocycles. The molecule has 6 nitrogen and oxygen atoms in total. The third-order valence-corrected chi connectivity index (χ3v) is 5.91. The molecule has 1 atom stereocenters. The molecule has 1 aromatic heterocycles. The van der Waals surface area contributed by atoms with E-state index in [1.54, 1.807) is 24.5 Å². The Hall–Kier alpha value is -1.83. The summed E-state index contributed by atoms with van der Waals surface area (Å²) in [4.78, 5) is 21.5. The molecule has 0 unspecified atom stereocenters. The van der Waals surface area contributed by atoms with Crippen LogP contribution in [0.15, 0.2) is 23.7 Å². The van der Waals surface area contributed by atoms with Crippen molar-refractivity contribution in [1.29, 1.82) is 0 Å². The molecule has 0 aliphatic carbocycles. The van der Waals surface area contributed by atoms with Crippen LogP contribution < -0.4 is 15.0 Å². The van der Waals surface area contributed by atoms with Crippen LogP contribution in [-0.2, 0) is 4.79 Å². The quantitative estimate of drug-likeness (QED) is 0.843. The van der Waals surface area contributed by atoms with E-state index in [-0.39, 0.29) is 11.9 Å². The fourth-order valence-corrected chi connectivity index (χ4v) is 3.86. The lowest BCUT2D eigenvalue weighted by molar-refractivity contribution is -0.120. The molecule has 1 amide bonds. The van der Waals surface area contributed by atoms with Crippen molar-refractivity contribution in [2.75, 3.05) is 43.5 Å². The van der Waals surface area contributed by atoms with E-state index in [1.807, 2.05) is 31.5 Å². The molecule has 0 spiro atoms. The molecule has 0 radical (unpaired) electrons. The molecule has 1 aliphatic rings. The number of methoxy groups -OCH3 is 1. The van der Waals surface area contributed by atoms with Crippen molar-refractivity contribution in [3.8, 4) is 5.75 Å². The lowest BCUT2D eigenvalue weighted by atomic mass is 10.1. The maximum Gasteiger partial charge on any atom is 0.241 e. The molecule has 2 aromatic rings. The first-order chi connectivity index (χ1) is 12.5. The summed E-state index contributed by atoms with van der Waals surface area (Å²) in [5.74, 6) is 0.516. The molecular weight excluding hydrogens is 372 g/mol. The predicted molar refractivity (Wildman–Crippen MR) is 107 cm³/mol. The normalized spacial score (nSPS) is 16.4. The molecule has 1 fully saturated rings. The van der Waals surface area contributed by atoms with Gasteiger partial charge >= 0.3 is 0 Å². The second-order valence-electron chi connectivity index (χ2n) is 6.30. The molecule has 26 heavy (non-hydrogen) atoms. The SMILES string of the molecule is COc1cc(Cl)c(C)cc1NC(=O)[C@@H](C)N1CCN(c2nccs2)CC1. The zero-order valence-corrected chi connectivity index (χ0v) is 16.7. The van der Waals surface area contributed by atoms with Gasteiger partial charge in [0.25, 0.3) is 0 Å². The Balaban J connectivity index is 1.61. The predicted octanol–water partition coefficient (Wildman–Crippen LogP) is 3.26. The van der Waals surface area contributed by atoms with E-state index >= 15 is 0 Å². The first-order valence-electron chi connectivity index (χ1n) is 8.53. The Bertz CT molecular complexity index is 761. The summed E-state index contributed by atoms with van der Waals surface area (Å²) in [5.41, 5.74) is 1.54. The maximum atomic E-state index is 12.7. The van der Waals surface area contributed by atoms with Gasteiger partial charge in [-0.25, -0.2) is 4.98 Å². The zero-order valence-electron chi connectivity index (χ0n) is 15.2. The van der Waals surface area contributed by atoms with Crippen molar-refractivity contribution < 1.29 is 9.53 Å². The van der Waals surface area contributed by atoms with Crippen LogP contribution in [0.3, 0.4) is 0 Å². The summed E-state index contributed by atoms with van der Waals surface area (Å²) >= 11 is 7.78. The number of hydrogen-bond donors (Lipinski definition) is 1. The number of nitrogens with zero attached hydrogens (tertiary/aromatic N) is 3. The average Bonchev–Trinajstić information content (AvgIpc) is 3.18. The van der Waals surface area contributed by atoms with Crippen molar-refractivity contribution in [3.63, 3.8) is 0 Å². The second kappa shape index (κ2) is 8.24. The van der Waals surface area contributed by atoms with Gasteiger partial charge in [0.15, 0.2) is 5.13 Å². The summed E-state index contributed by atoms with van der Waals surface area (Å²) in [5, 5.41) is 6.62. The standard InChI is InChI=1S/C18H23ClN4O2S/c1-12-10-15(16(25-3)11-14(12)19)21-17(24)13(2)22-5-7-23(8-6-22)18-20-4-9-26-18/h4,9-11,13H,5-8H2,1-3H3,(H,21,24)/t13-/m1/s1. The van der Waals surface area contributed by atoms with Gasteiger partial charge in [-0.15, -0.1) is 11.3 Å². The van der Waals surface area contributed by atoms with Crippen molar-refractivity contribution in [1.82, 2.24) is 9.88 Å². The van der Waals surface area contributed by atoms with E-state index in [0.717, 1.165) is 36.9 Å². The summed E-state index contributed by atoms with van der Waals surface area (Å²) in [6, 6.07) is 3.34. The fraction of sp³-hybridized carbons (Fsp3) is 0.444. The molecular formula is C18H23ClN4O2S. The van der Waals surface area contributed by atoms with Crippen LogP contribution in [0.2, 0.25) is 5.02 Å². The van der Waals surface area contributed by atoms with Gasteiger partial charge in [-0.1, -0.05) is 11.6 Å². The van der Waals surface area contributed by atoms with Gasteiger partial charge in [0, 0.05) is 48.8 Å². The molecule has 1 aromatic carbocycles. The number of aryl methyl sites for hydroxylation is 1. The number of hydrogen-bond acceptors (Lipinski definition) is 6. The Kier molecular flexibility index (Phi) is 6.01. The van der Waals surface area contributed by atoms with Crippen molar-refractivity contribution in [3.05, 3.63) is 34.3 Å². The molecule has 0 saturated carbocycles. The highest BCUT2D eigenvalue weighted by atomic mass is 35.5. The largest absolute Gasteiger partial charge is 0.495 e. The van der Waals surface area contributed by atoms with Crippen LogP contribution in [0.5, 0.6) is 5.75 Å². The van der Waals surface area contributed by atoms with Crippen LogP contribution in [-0.4, -0.2) is 55.1 Å². The van der Waals surface area contributed by atoms with Gasteiger partial charge in [-0.2, -0.15) is 0 Å². The van der Waals surface area contributed by atoms with E-state index in [0.29, 0.717) is 16.5 Å². The minimum absolute atomic E-state index is 0.0484. The highest BCUT2D eigenvalue weighted by molar-refractivity contribution is 7.13. The molecule has 0 bridgehead atoms. The van der Waals surface area contributed by atoms with Crippen LogP contribution in [0.1, 0.15) is 12.5 Å². The number of aromatic nitrogens is 1. The Morgan fingerprint density at radius 3 is 2.69 bits per heavy atom. The lowest BCUT2D eigenvalue weighted by Crippen LogP contribution is -2.52. The summed E-state index contributed by atoms with van der Waals surface area (Å²) in [6.45, 7) is 7.22. The second-order valence-corrected chi connectivity index (χ2v) is 7.58. The number of ether oxygens (including phenoxy) is 1. The molecule has 8 heteroatoms. The Morgan fingerprint density at radius 2 is 2.08 bits per heavy atom. The number of carbonyl (C=O) groups is 1. The van der Waals surface area contributed by atoms with Crippen LogP contribution in [0, 0.1) is 6.92 Å².